The highest BCUT2D eigenvalue weighted by Gasteiger charge is 2.28. The molecule has 6 heteroatoms. The lowest BCUT2D eigenvalue weighted by atomic mass is 10.1. The minimum absolute atomic E-state index is 0.205. The van der Waals surface area contributed by atoms with Gasteiger partial charge in [0, 0.05) is 40.3 Å². The number of ketones is 1. The zero-order chi connectivity index (χ0) is 22.2. The Labute approximate surface area is 189 Å². The normalized spacial score (nSPS) is 13.9. The standard InChI is InChI=1S/C26H18ClNO4/c1-2-28-15-17(20-5-3-4-6-22(20)28)13-24-25(29)21-12-11-19(14-23(21)32-24)31-26(30)16-7-9-18(27)10-8-16/h3-15H,2H2,1H3. The Hall–Kier alpha value is -3.83. The van der Waals surface area contributed by atoms with Gasteiger partial charge >= 0.3 is 5.97 Å². The summed E-state index contributed by atoms with van der Waals surface area (Å²) in [6.07, 6.45) is 3.77. The van der Waals surface area contributed by atoms with Crippen LogP contribution < -0.4 is 9.47 Å². The lowest BCUT2D eigenvalue weighted by Crippen LogP contribution is -2.08. The van der Waals surface area contributed by atoms with Crippen molar-refractivity contribution in [1.82, 2.24) is 4.57 Å². The molecule has 1 aliphatic heterocycles. The number of carbonyl (C=O) groups is 2. The summed E-state index contributed by atoms with van der Waals surface area (Å²) in [6.45, 7) is 2.89. The molecule has 0 saturated heterocycles. The number of nitrogens with zero attached hydrogens (tertiary/aromatic N) is 1. The number of hydrogen-bond acceptors (Lipinski definition) is 4. The van der Waals surface area contributed by atoms with Crippen LogP contribution in [0.3, 0.4) is 0 Å². The Morgan fingerprint density at radius 2 is 1.88 bits per heavy atom. The van der Waals surface area contributed by atoms with E-state index >= 15 is 0 Å². The predicted octanol–water partition coefficient (Wildman–Crippen LogP) is 6.15. The highest BCUT2D eigenvalue weighted by Crippen LogP contribution is 2.36. The molecule has 0 saturated carbocycles. The maximum absolute atomic E-state index is 12.9. The molecule has 0 N–H and O–H groups in total. The van der Waals surface area contributed by atoms with Crippen LogP contribution in [0.5, 0.6) is 11.5 Å². The van der Waals surface area contributed by atoms with Crippen LogP contribution in [-0.2, 0) is 6.54 Å². The fourth-order valence-corrected chi connectivity index (χ4v) is 3.90. The first-order valence-electron chi connectivity index (χ1n) is 10.2. The van der Waals surface area contributed by atoms with Gasteiger partial charge in [0.1, 0.15) is 11.5 Å². The van der Waals surface area contributed by atoms with E-state index in [0.29, 0.717) is 27.6 Å². The summed E-state index contributed by atoms with van der Waals surface area (Å²) in [7, 11) is 0. The van der Waals surface area contributed by atoms with Crippen LogP contribution in [0.15, 0.2) is 78.7 Å². The van der Waals surface area contributed by atoms with Crippen LogP contribution >= 0.6 is 11.6 Å². The minimum Gasteiger partial charge on any atom is -0.452 e. The van der Waals surface area contributed by atoms with E-state index < -0.39 is 5.97 Å². The highest BCUT2D eigenvalue weighted by molar-refractivity contribution is 6.30. The summed E-state index contributed by atoms with van der Waals surface area (Å²) in [6, 6.07) is 19.2. The molecule has 5 rings (SSSR count). The fourth-order valence-electron chi connectivity index (χ4n) is 3.78. The molecule has 0 unspecified atom stereocenters. The van der Waals surface area contributed by atoms with E-state index in [1.807, 2.05) is 30.5 Å². The topological polar surface area (TPSA) is 57.5 Å². The number of allylic oxidation sites excluding steroid dienone is 1. The van der Waals surface area contributed by atoms with E-state index in [4.69, 9.17) is 21.1 Å². The van der Waals surface area contributed by atoms with Crippen molar-refractivity contribution in [2.24, 2.45) is 0 Å². The van der Waals surface area contributed by atoms with Crippen molar-refractivity contribution in [2.45, 2.75) is 13.5 Å². The van der Waals surface area contributed by atoms with Crippen LogP contribution in [0.2, 0.25) is 5.02 Å². The monoisotopic (exact) mass is 443 g/mol. The lowest BCUT2D eigenvalue weighted by molar-refractivity contribution is 0.0734. The van der Waals surface area contributed by atoms with Gasteiger partial charge < -0.3 is 14.0 Å². The van der Waals surface area contributed by atoms with Gasteiger partial charge in [-0.1, -0.05) is 29.8 Å². The third-order valence-electron chi connectivity index (χ3n) is 5.38. The zero-order valence-electron chi connectivity index (χ0n) is 17.2. The van der Waals surface area contributed by atoms with Crippen molar-refractivity contribution in [1.29, 1.82) is 0 Å². The Bertz CT molecular complexity index is 1400. The van der Waals surface area contributed by atoms with Gasteiger partial charge in [0.05, 0.1) is 11.1 Å². The highest BCUT2D eigenvalue weighted by atomic mass is 35.5. The molecule has 3 aromatic carbocycles. The Kier molecular flexibility index (Phi) is 5.04. The summed E-state index contributed by atoms with van der Waals surface area (Å²) < 4.78 is 13.4. The van der Waals surface area contributed by atoms with Gasteiger partial charge in [-0.25, -0.2) is 4.79 Å². The number of benzene rings is 3. The van der Waals surface area contributed by atoms with E-state index in [0.717, 1.165) is 23.0 Å². The molecule has 0 atom stereocenters. The molecule has 0 fully saturated rings. The summed E-state index contributed by atoms with van der Waals surface area (Å²) in [5.41, 5.74) is 2.82. The molecule has 0 spiro atoms. The van der Waals surface area contributed by atoms with Crippen LogP contribution in [0.4, 0.5) is 0 Å². The van der Waals surface area contributed by atoms with E-state index in [1.165, 1.54) is 0 Å². The average Bonchev–Trinajstić information content (AvgIpc) is 3.31. The Morgan fingerprint density at radius 3 is 2.66 bits per heavy atom. The predicted molar refractivity (Wildman–Crippen MR) is 123 cm³/mol. The van der Waals surface area contributed by atoms with Crippen molar-refractivity contribution in [2.75, 3.05) is 0 Å². The lowest BCUT2D eigenvalue weighted by Gasteiger charge is -2.05. The number of halogens is 1. The maximum atomic E-state index is 12.9. The van der Waals surface area contributed by atoms with Crippen LogP contribution in [0, 0.1) is 0 Å². The molecule has 1 aromatic heterocycles. The van der Waals surface area contributed by atoms with Gasteiger partial charge in [0.2, 0.25) is 5.78 Å². The van der Waals surface area contributed by atoms with Crippen molar-refractivity contribution in [3.8, 4) is 11.5 Å². The third-order valence-corrected chi connectivity index (χ3v) is 5.63. The van der Waals surface area contributed by atoms with E-state index in [9.17, 15) is 9.59 Å². The molecule has 0 bridgehead atoms. The molecule has 4 aromatic rings. The number of carbonyl (C=O) groups excluding carboxylic acids is 2. The average molecular weight is 444 g/mol. The quantitative estimate of drug-likeness (QED) is 0.215. The van der Waals surface area contributed by atoms with Crippen LogP contribution in [0.25, 0.3) is 17.0 Å². The number of para-hydroxylation sites is 1. The molecule has 1 aliphatic rings. The first-order chi connectivity index (χ1) is 15.5. The van der Waals surface area contributed by atoms with E-state index in [2.05, 4.69) is 11.5 Å². The summed E-state index contributed by atoms with van der Waals surface area (Å²) in [4.78, 5) is 25.2. The van der Waals surface area contributed by atoms with Crippen molar-refractivity contribution in [3.05, 3.63) is 100 Å². The molecule has 158 valence electrons. The minimum atomic E-state index is -0.519. The summed E-state index contributed by atoms with van der Waals surface area (Å²) in [5.74, 6) is 0.167. The van der Waals surface area contributed by atoms with Gasteiger partial charge in [-0.3, -0.25) is 4.79 Å². The number of aromatic nitrogens is 1. The zero-order valence-corrected chi connectivity index (χ0v) is 17.9. The van der Waals surface area contributed by atoms with E-state index in [-0.39, 0.29) is 11.5 Å². The number of Topliss-reactive ketones (excluding diaryl/α,β-unsaturated/α-hetero) is 1. The van der Waals surface area contributed by atoms with Crippen molar-refractivity contribution < 1.29 is 19.1 Å². The van der Waals surface area contributed by atoms with Gasteiger partial charge in [0.15, 0.2) is 5.76 Å². The summed E-state index contributed by atoms with van der Waals surface area (Å²) in [5, 5.41) is 1.58. The second kappa shape index (κ2) is 8.02. The number of rotatable bonds is 4. The van der Waals surface area contributed by atoms with Crippen LogP contribution in [-0.4, -0.2) is 16.3 Å². The largest absolute Gasteiger partial charge is 0.452 e. The SMILES string of the molecule is CCn1cc(C=C2Oc3cc(OC(=O)c4ccc(Cl)cc4)ccc3C2=O)c2ccccc21. The smallest absolute Gasteiger partial charge is 0.343 e. The van der Waals surface area contributed by atoms with Gasteiger partial charge in [-0.05, 0) is 55.5 Å². The molecule has 2 heterocycles. The van der Waals surface area contributed by atoms with Crippen LogP contribution in [0.1, 0.15) is 33.2 Å². The van der Waals surface area contributed by atoms with Gasteiger partial charge in [-0.15, -0.1) is 0 Å². The van der Waals surface area contributed by atoms with E-state index in [1.54, 1.807) is 48.5 Å². The first kappa shape index (κ1) is 20.1. The first-order valence-corrected chi connectivity index (χ1v) is 10.5. The molecule has 32 heavy (non-hydrogen) atoms. The molecule has 0 amide bonds. The molecular formula is C26H18ClNO4. The fraction of sp³-hybridized carbons (Fsp3) is 0.0769. The molecular weight excluding hydrogens is 426 g/mol. The Balaban J connectivity index is 1.42. The maximum Gasteiger partial charge on any atom is 0.343 e. The molecule has 0 aliphatic carbocycles. The molecule has 0 radical (unpaired) electrons. The third kappa shape index (κ3) is 3.57. The van der Waals surface area contributed by atoms with Gasteiger partial charge in [0.25, 0.3) is 0 Å². The second-order valence-electron chi connectivity index (χ2n) is 7.38. The number of hydrogen-bond donors (Lipinski definition) is 0. The van der Waals surface area contributed by atoms with Gasteiger partial charge in [-0.2, -0.15) is 0 Å². The number of fused-ring (bicyclic) bond motifs is 2. The second-order valence-corrected chi connectivity index (χ2v) is 7.82. The number of aryl methyl sites for hydroxylation is 1. The number of esters is 1. The number of ether oxygens (including phenoxy) is 2. The van der Waals surface area contributed by atoms with Crippen molar-refractivity contribution >= 4 is 40.3 Å². The molecule has 5 nitrogen and oxygen atoms in total. The van der Waals surface area contributed by atoms with Crippen molar-refractivity contribution in [3.63, 3.8) is 0 Å². The Morgan fingerprint density at radius 1 is 1.09 bits per heavy atom. The summed E-state index contributed by atoms with van der Waals surface area (Å²) >= 11 is 5.86.